The van der Waals surface area contributed by atoms with Gasteiger partial charge in [0.25, 0.3) is 0 Å². The first-order valence-electron chi connectivity index (χ1n) is 0. The van der Waals surface area contributed by atoms with Crippen LogP contribution < -0.4 is 0 Å². The molecule has 0 aromatic rings. The summed E-state index contributed by atoms with van der Waals surface area (Å²) >= 11 is 0. The molecule has 0 spiro atoms. The van der Waals surface area contributed by atoms with Crippen LogP contribution in [0.5, 0.6) is 0 Å². The van der Waals surface area contributed by atoms with E-state index in [1.54, 1.807) is 0 Å². The zero-order valence-electron chi connectivity index (χ0n) is 4.34. The average molecular weight is 218 g/mol. The van der Waals surface area contributed by atoms with Crippen molar-refractivity contribution < 1.29 is 2.85 Å². The van der Waals surface area contributed by atoms with Crippen molar-refractivity contribution in [2.24, 2.45) is 0 Å². The Morgan fingerprint density at radius 2 is 0.667 bits per heavy atom. The van der Waals surface area contributed by atoms with Gasteiger partial charge in [-0.3, -0.25) is 0 Å². The summed E-state index contributed by atoms with van der Waals surface area (Å²) < 4.78 is 0. The number of hydrogen-bond acceptors (Lipinski definition) is 0. The Bertz CT molecular complexity index is 14.0. The summed E-state index contributed by atoms with van der Waals surface area (Å²) in [5.41, 5.74) is 0. The molecule has 0 radical (unpaired) electrons. The van der Waals surface area contributed by atoms with Gasteiger partial charge in [0.2, 0.25) is 0 Å². The first-order valence-corrected chi connectivity index (χ1v) is 0. The molecule has 0 aromatic carbocycles. The Labute approximate surface area is 106 Å². The van der Waals surface area contributed by atoms with E-state index >= 15 is 0 Å². The summed E-state index contributed by atoms with van der Waals surface area (Å²) in [6, 6.07) is 0. The van der Waals surface area contributed by atoms with Crippen LogP contribution in [0.1, 0.15) is 2.85 Å². The summed E-state index contributed by atoms with van der Waals surface area (Å²) in [6.45, 7) is 0. The normalized spacial score (nSPS) is 0. The molecular weight excluding hydrogens is 209 g/mol. The maximum atomic E-state index is 0. The second-order valence-corrected chi connectivity index (χ2v) is 0. The van der Waals surface area contributed by atoms with Gasteiger partial charge in [-0.05, 0) is 0 Å². The molecule has 0 saturated carbocycles. The van der Waals surface area contributed by atoms with Crippen molar-refractivity contribution in [2.45, 2.75) is 0 Å². The summed E-state index contributed by atoms with van der Waals surface area (Å²) in [5, 5.41) is 0. The van der Waals surface area contributed by atoms with Crippen LogP contribution in [0.2, 0.25) is 0 Å². The van der Waals surface area contributed by atoms with Crippen molar-refractivity contribution in [3.63, 3.8) is 0 Å². The fourth-order valence-corrected chi connectivity index (χ4v) is 0. The van der Waals surface area contributed by atoms with Gasteiger partial charge < -0.3 is 2.85 Å². The molecule has 0 rings (SSSR count). The number of halogens is 4. The zero-order chi connectivity index (χ0) is 0. The Hall–Kier alpha value is 2.95. The van der Waals surface area contributed by atoms with E-state index in [1.807, 2.05) is 0 Å². The molecule has 0 aliphatic heterocycles. The van der Waals surface area contributed by atoms with E-state index in [9.17, 15) is 0 Å². The number of hydrogen-bond donors (Lipinski definition) is 0. The predicted octanol–water partition coefficient (Wildman–Crippen LogP) is 0.347. The van der Waals surface area contributed by atoms with Gasteiger partial charge in [0.1, 0.15) is 0 Å². The first-order chi connectivity index (χ1) is 0. The second kappa shape index (κ2) is 44.1. The van der Waals surface area contributed by atoms with Crippen LogP contribution >= 0.6 is 49.6 Å². The Morgan fingerprint density at radius 3 is 0.667 bits per heavy atom. The fourth-order valence-electron chi connectivity index (χ4n) is 0. The molecule has 6 heavy (non-hydrogen) atoms. The van der Waals surface area contributed by atoms with Crippen molar-refractivity contribution in [2.75, 3.05) is 0 Å². The van der Waals surface area contributed by atoms with Crippen molar-refractivity contribution in [3.05, 3.63) is 0 Å². The Morgan fingerprint density at radius 1 is 0.667 bits per heavy atom. The molecule has 0 unspecified atom stereocenters. The quantitative estimate of drug-likeness (QED) is 0.514. The van der Waals surface area contributed by atoms with Gasteiger partial charge in [-0.25, -0.2) is 0 Å². The van der Waals surface area contributed by atoms with Gasteiger partial charge in [0.05, 0.1) is 0 Å². The van der Waals surface area contributed by atoms with Crippen molar-refractivity contribution in [1.82, 2.24) is 0 Å². The fraction of sp³-hybridized carbons (Fsp3) is 0. The molecule has 42 valence electrons. The molecule has 0 bridgehead atoms. The molecule has 0 N–H and O–H groups in total. The molecule has 0 atom stereocenters. The Kier molecular flexibility index (Phi) is 477. The topological polar surface area (TPSA) is 0 Å². The van der Waals surface area contributed by atoms with Crippen LogP contribution in [0, 0.1) is 0 Å². The van der Waals surface area contributed by atoms with Crippen LogP contribution in [0.3, 0.4) is 0 Å². The van der Waals surface area contributed by atoms with E-state index in [1.165, 1.54) is 0 Å². The van der Waals surface area contributed by atoms with Crippen molar-refractivity contribution in [1.29, 1.82) is 0 Å². The molecule has 0 heterocycles. The van der Waals surface area contributed by atoms with Gasteiger partial charge >= 0.3 is 37.7 Å². The SMILES string of the molecule is Cl.Cl.Cl.Cl.[AlH3].[Ca+2].[H-].[H-]. The van der Waals surface area contributed by atoms with E-state index in [0.717, 1.165) is 0 Å². The largest absolute Gasteiger partial charge is 2.00 e. The van der Waals surface area contributed by atoms with Gasteiger partial charge in [0.15, 0.2) is 17.4 Å². The second-order valence-electron chi connectivity index (χ2n) is 0. The molecule has 6 heteroatoms. The van der Waals surface area contributed by atoms with Crippen LogP contribution in [0.4, 0.5) is 0 Å². The average Bonchev–Trinajstić information content (AvgIpc) is 0. The predicted molar refractivity (Wildman–Crippen MR) is 46.9 cm³/mol. The van der Waals surface area contributed by atoms with Crippen molar-refractivity contribution >= 4 is 105 Å². The van der Waals surface area contributed by atoms with Gasteiger partial charge in [-0.2, -0.15) is 0 Å². The minimum atomic E-state index is 0. The van der Waals surface area contributed by atoms with Crippen molar-refractivity contribution in [3.8, 4) is 0 Å². The monoisotopic (exact) mass is 216 g/mol. The summed E-state index contributed by atoms with van der Waals surface area (Å²) in [6.07, 6.45) is 0. The maximum absolute atomic E-state index is 0. The van der Waals surface area contributed by atoms with Gasteiger partial charge in [-0.15, -0.1) is 49.6 Å². The minimum Gasteiger partial charge on any atom is -1.00 e. The molecule has 0 fully saturated rings. The van der Waals surface area contributed by atoms with E-state index < -0.39 is 0 Å². The van der Waals surface area contributed by atoms with Crippen LogP contribution in [-0.2, 0) is 0 Å². The molecule has 0 saturated heterocycles. The molecule has 0 amide bonds. The summed E-state index contributed by atoms with van der Waals surface area (Å²) in [5.74, 6) is 0. The van der Waals surface area contributed by atoms with E-state index in [-0.39, 0.29) is 108 Å². The van der Waals surface area contributed by atoms with Crippen LogP contribution in [-0.4, -0.2) is 55.1 Å². The third kappa shape index (κ3) is 28.3. The summed E-state index contributed by atoms with van der Waals surface area (Å²) in [4.78, 5) is 0. The van der Waals surface area contributed by atoms with Crippen LogP contribution in [0.25, 0.3) is 0 Å². The third-order valence-corrected chi connectivity index (χ3v) is 0. The molecule has 0 nitrogen and oxygen atoms in total. The van der Waals surface area contributed by atoms with Gasteiger partial charge in [0, 0.05) is 0 Å². The molecule has 0 aliphatic rings. The molecule has 0 aromatic heterocycles. The minimum absolute atomic E-state index is 0. The maximum Gasteiger partial charge on any atom is 2.00 e. The number of rotatable bonds is 0. The molecular formula is H9AlCaCl4. The smallest absolute Gasteiger partial charge is 1.00 e. The third-order valence-electron chi connectivity index (χ3n) is 0. The van der Waals surface area contributed by atoms with E-state index in [4.69, 9.17) is 0 Å². The van der Waals surface area contributed by atoms with E-state index in [2.05, 4.69) is 0 Å². The first kappa shape index (κ1) is 65.0. The van der Waals surface area contributed by atoms with Gasteiger partial charge in [-0.1, -0.05) is 0 Å². The van der Waals surface area contributed by atoms with Crippen LogP contribution in [0.15, 0.2) is 0 Å². The standard InChI is InChI=1S/Al.Ca.4ClH.5H/h;;4*1H;;;;;/q;+2;;;;;;;;2*-1. The zero-order valence-corrected chi connectivity index (χ0v) is 7.81. The summed E-state index contributed by atoms with van der Waals surface area (Å²) in [7, 11) is 0. The van der Waals surface area contributed by atoms with E-state index in [0.29, 0.717) is 0 Å². The molecule has 0 aliphatic carbocycles. The Balaban J connectivity index is 0.